The molecule has 136 valence electrons. The second-order valence-corrected chi connectivity index (χ2v) is 6.19. The van der Waals surface area contributed by atoms with E-state index in [4.69, 9.17) is 4.74 Å². The van der Waals surface area contributed by atoms with Crippen LogP contribution in [0.15, 0.2) is 24.3 Å². The molecule has 0 saturated carbocycles. The molecule has 1 atom stereocenters. The van der Waals surface area contributed by atoms with Crippen molar-refractivity contribution in [3.63, 3.8) is 0 Å². The number of nitrogens with one attached hydrogen (secondary N) is 2. The first-order valence-corrected chi connectivity index (χ1v) is 8.60. The number of piperazine rings is 1. The first kappa shape index (κ1) is 18.9. The lowest BCUT2D eigenvalue weighted by atomic mass is 10.1. The van der Waals surface area contributed by atoms with E-state index in [1.165, 1.54) is 6.92 Å². The maximum absolute atomic E-state index is 12.4. The Balaban J connectivity index is 1.86. The SMILES string of the molecule is CCOC(=O)N1CC[NH+]([C@H](C)C(=O)Nc2ccc(C(C)=O)cc2)CC1. The Morgan fingerprint density at radius 2 is 1.80 bits per heavy atom. The average Bonchev–Trinajstić information content (AvgIpc) is 2.61. The van der Waals surface area contributed by atoms with Gasteiger partial charge < -0.3 is 15.0 Å². The summed E-state index contributed by atoms with van der Waals surface area (Å²) >= 11 is 0. The van der Waals surface area contributed by atoms with E-state index >= 15 is 0 Å². The lowest BCUT2D eigenvalue weighted by Crippen LogP contribution is -3.19. The van der Waals surface area contributed by atoms with Crippen LogP contribution in [0.2, 0.25) is 0 Å². The normalized spacial score (nSPS) is 16.2. The summed E-state index contributed by atoms with van der Waals surface area (Å²) in [6.07, 6.45) is -0.288. The van der Waals surface area contributed by atoms with Crippen molar-refractivity contribution in [3.8, 4) is 0 Å². The highest BCUT2D eigenvalue weighted by molar-refractivity contribution is 5.96. The first-order chi connectivity index (χ1) is 11.9. The number of ketones is 1. The second kappa shape index (κ2) is 8.62. The highest BCUT2D eigenvalue weighted by atomic mass is 16.6. The maximum Gasteiger partial charge on any atom is 0.410 e. The van der Waals surface area contributed by atoms with Crippen molar-refractivity contribution in [3.05, 3.63) is 29.8 Å². The molecule has 7 heteroatoms. The fourth-order valence-corrected chi connectivity index (χ4v) is 2.85. The fraction of sp³-hybridized carbons (Fsp3) is 0.500. The van der Waals surface area contributed by atoms with Gasteiger partial charge in [-0.2, -0.15) is 0 Å². The summed E-state index contributed by atoms with van der Waals surface area (Å²) in [6.45, 7) is 8.12. The third-order valence-corrected chi connectivity index (χ3v) is 4.50. The number of nitrogens with zero attached hydrogens (tertiary/aromatic N) is 1. The summed E-state index contributed by atoms with van der Waals surface area (Å²) in [6, 6.07) is 6.64. The van der Waals surface area contributed by atoms with Gasteiger partial charge in [-0.3, -0.25) is 14.5 Å². The number of rotatable bonds is 5. The monoisotopic (exact) mass is 348 g/mol. The number of carbonyl (C=O) groups is 3. The molecule has 0 bridgehead atoms. The zero-order valence-corrected chi connectivity index (χ0v) is 15.0. The number of Topliss-reactive ketones (excluding diaryl/α,β-unsaturated/α-hetero) is 1. The van der Waals surface area contributed by atoms with Gasteiger partial charge in [0.15, 0.2) is 11.8 Å². The largest absolute Gasteiger partial charge is 0.450 e. The molecule has 1 aliphatic rings. The van der Waals surface area contributed by atoms with Crippen LogP contribution in [0.5, 0.6) is 0 Å². The molecule has 2 amide bonds. The molecule has 0 spiro atoms. The Bertz CT molecular complexity index is 622. The molecule has 1 aromatic carbocycles. The van der Waals surface area contributed by atoms with Gasteiger partial charge in [-0.1, -0.05) is 0 Å². The zero-order chi connectivity index (χ0) is 18.4. The van der Waals surface area contributed by atoms with E-state index in [0.717, 1.165) is 4.90 Å². The molecule has 0 aromatic heterocycles. The van der Waals surface area contributed by atoms with E-state index in [-0.39, 0.29) is 23.8 Å². The third kappa shape index (κ3) is 5.03. The van der Waals surface area contributed by atoms with E-state index < -0.39 is 0 Å². The van der Waals surface area contributed by atoms with Crippen molar-refractivity contribution in [1.29, 1.82) is 0 Å². The Morgan fingerprint density at radius 1 is 1.20 bits per heavy atom. The minimum Gasteiger partial charge on any atom is -0.450 e. The lowest BCUT2D eigenvalue weighted by Gasteiger charge is -2.34. The number of hydrogen-bond acceptors (Lipinski definition) is 4. The smallest absolute Gasteiger partial charge is 0.410 e. The summed E-state index contributed by atoms with van der Waals surface area (Å²) < 4.78 is 5.00. The standard InChI is InChI=1S/C18H25N3O4/c1-4-25-18(24)21-11-9-20(10-12-21)13(2)17(23)19-16-7-5-15(6-8-16)14(3)22/h5-8,13H,4,9-12H2,1-3H3,(H,19,23)/p+1/t13-/m1/s1. The second-order valence-electron chi connectivity index (χ2n) is 6.19. The van der Waals surface area contributed by atoms with E-state index in [1.807, 2.05) is 6.92 Å². The number of hydrogen-bond donors (Lipinski definition) is 2. The van der Waals surface area contributed by atoms with Gasteiger partial charge in [0.25, 0.3) is 5.91 Å². The zero-order valence-electron chi connectivity index (χ0n) is 15.0. The van der Waals surface area contributed by atoms with Gasteiger partial charge in [0.05, 0.1) is 32.8 Å². The predicted molar refractivity (Wildman–Crippen MR) is 93.8 cm³/mol. The van der Waals surface area contributed by atoms with E-state index in [1.54, 1.807) is 36.1 Å². The van der Waals surface area contributed by atoms with Crippen molar-refractivity contribution in [1.82, 2.24) is 4.90 Å². The van der Waals surface area contributed by atoms with E-state index in [0.29, 0.717) is 44.0 Å². The predicted octanol–water partition coefficient (Wildman–Crippen LogP) is 0.573. The average molecular weight is 348 g/mol. The van der Waals surface area contributed by atoms with Crippen LogP contribution in [0.4, 0.5) is 10.5 Å². The number of carbonyl (C=O) groups excluding carboxylic acids is 3. The summed E-state index contributed by atoms with van der Waals surface area (Å²) in [7, 11) is 0. The van der Waals surface area contributed by atoms with Crippen LogP contribution in [-0.4, -0.2) is 61.5 Å². The third-order valence-electron chi connectivity index (χ3n) is 4.50. The molecule has 1 saturated heterocycles. The van der Waals surface area contributed by atoms with Crippen molar-refractivity contribution < 1.29 is 24.0 Å². The fourth-order valence-electron chi connectivity index (χ4n) is 2.85. The Morgan fingerprint density at radius 3 is 2.32 bits per heavy atom. The van der Waals surface area contributed by atoms with E-state index in [9.17, 15) is 14.4 Å². The molecule has 1 fully saturated rings. The van der Waals surface area contributed by atoms with Crippen LogP contribution in [0.3, 0.4) is 0 Å². The Kier molecular flexibility index (Phi) is 6.52. The lowest BCUT2D eigenvalue weighted by molar-refractivity contribution is -0.917. The minimum atomic E-state index is -0.288. The highest BCUT2D eigenvalue weighted by Gasteiger charge is 2.31. The van der Waals surface area contributed by atoms with Crippen LogP contribution in [-0.2, 0) is 9.53 Å². The molecule has 2 N–H and O–H groups in total. The van der Waals surface area contributed by atoms with Gasteiger partial charge in [0.1, 0.15) is 0 Å². The van der Waals surface area contributed by atoms with Gasteiger partial charge in [0.2, 0.25) is 0 Å². The summed E-state index contributed by atoms with van der Waals surface area (Å²) in [5.74, 6) is -0.0784. The topological polar surface area (TPSA) is 80.2 Å². The van der Waals surface area contributed by atoms with E-state index in [2.05, 4.69) is 5.32 Å². The first-order valence-electron chi connectivity index (χ1n) is 8.60. The van der Waals surface area contributed by atoms with Crippen LogP contribution < -0.4 is 10.2 Å². The summed E-state index contributed by atoms with van der Waals surface area (Å²) in [5.41, 5.74) is 1.29. The van der Waals surface area contributed by atoms with Crippen LogP contribution in [0.1, 0.15) is 31.1 Å². The summed E-state index contributed by atoms with van der Waals surface area (Å²) in [4.78, 5) is 38.3. The molecule has 1 aliphatic heterocycles. The molecule has 25 heavy (non-hydrogen) atoms. The van der Waals surface area contributed by atoms with Crippen LogP contribution in [0, 0.1) is 0 Å². The molecule has 7 nitrogen and oxygen atoms in total. The van der Waals surface area contributed by atoms with Crippen molar-refractivity contribution in [2.24, 2.45) is 0 Å². The number of ether oxygens (including phenoxy) is 1. The van der Waals surface area contributed by atoms with Gasteiger partial charge in [0, 0.05) is 11.3 Å². The molecule has 0 unspecified atom stereocenters. The van der Waals surface area contributed by atoms with Gasteiger partial charge in [-0.25, -0.2) is 4.79 Å². The van der Waals surface area contributed by atoms with Crippen molar-refractivity contribution in [2.45, 2.75) is 26.8 Å². The molecular weight excluding hydrogens is 322 g/mol. The van der Waals surface area contributed by atoms with Gasteiger partial charge >= 0.3 is 6.09 Å². The molecule has 0 aliphatic carbocycles. The van der Waals surface area contributed by atoms with Gasteiger partial charge in [-0.15, -0.1) is 0 Å². The number of benzene rings is 1. The Labute approximate surface area is 147 Å². The molecule has 1 heterocycles. The van der Waals surface area contributed by atoms with Crippen LogP contribution >= 0.6 is 0 Å². The van der Waals surface area contributed by atoms with Crippen molar-refractivity contribution in [2.75, 3.05) is 38.1 Å². The highest BCUT2D eigenvalue weighted by Crippen LogP contribution is 2.10. The van der Waals surface area contributed by atoms with Crippen molar-refractivity contribution >= 4 is 23.5 Å². The molecule has 0 radical (unpaired) electrons. The Hall–Kier alpha value is -2.41. The minimum absolute atomic E-state index is 0.00448. The van der Waals surface area contributed by atoms with Crippen LogP contribution in [0.25, 0.3) is 0 Å². The number of anilines is 1. The maximum atomic E-state index is 12.4. The quantitative estimate of drug-likeness (QED) is 0.763. The van der Waals surface area contributed by atoms with Gasteiger partial charge in [-0.05, 0) is 45.0 Å². The number of quaternary nitrogens is 1. The molecule has 2 rings (SSSR count). The number of amides is 2. The summed E-state index contributed by atoms with van der Waals surface area (Å²) in [5, 5.41) is 2.88. The molecular formula is C18H26N3O4+. The molecule has 1 aromatic rings.